The second-order valence-corrected chi connectivity index (χ2v) is 8.64. The van der Waals surface area contributed by atoms with Crippen LogP contribution < -0.4 is 4.74 Å². The van der Waals surface area contributed by atoms with Crippen LogP contribution in [0.5, 0.6) is 5.75 Å². The molecule has 4 heteroatoms. The molecule has 0 radical (unpaired) electrons. The Labute approximate surface area is 170 Å². The Morgan fingerprint density at radius 2 is 1.93 bits per heavy atom. The molecule has 1 heterocycles. The van der Waals surface area contributed by atoms with E-state index >= 15 is 0 Å². The zero-order chi connectivity index (χ0) is 19.2. The molecule has 1 aliphatic heterocycles. The molecule has 0 amide bonds. The molecule has 2 aromatic rings. The van der Waals surface area contributed by atoms with E-state index in [2.05, 4.69) is 52.9 Å². The van der Waals surface area contributed by atoms with E-state index in [1.807, 2.05) is 12.1 Å². The molecule has 0 spiro atoms. The summed E-state index contributed by atoms with van der Waals surface area (Å²) in [6.07, 6.45) is 4.58. The molecule has 2 nitrogen and oxygen atoms in total. The molecule has 0 N–H and O–H groups in total. The van der Waals surface area contributed by atoms with E-state index in [1.54, 1.807) is 6.07 Å². The number of piperidine rings is 1. The quantitative estimate of drug-likeness (QED) is 0.540. The average molecular weight is 434 g/mol. The Bertz CT molecular complexity index is 741. The van der Waals surface area contributed by atoms with Gasteiger partial charge >= 0.3 is 0 Å². The Balaban J connectivity index is 1.45. The van der Waals surface area contributed by atoms with Crippen molar-refractivity contribution < 1.29 is 9.13 Å². The summed E-state index contributed by atoms with van der Waals surface area (Å²) >= 11 is 3.55. The van der Waals surface area contributed by atoms with Gasteiger partial charge in [0.2, 0.25) is 0 Å². The molecule has 0 aromatic heterocycles. The van der Waals surface area contributed by atoms with Gasteiger partial charge in [0.25, 0.3) is 0 Å². The minimum atomic E-state index is -0.144. The van der Waals surface area contributed by atoms with E-state index < -0.39 is 0 Å². The summed E-state index contributed by atoms with van der Waals surface area (Å²) in [4.78, 5) is 2.55. The highest BCUT2D eigenvalue weighted by Crippen LogP contribution is 2.26. The monoisotopic (exact) mass is 433 g/mol. The van der Waals surface area contributed by atoms with Crippen molar-refractivity contribution in [3.8, 4) is 5.75 Å². The Morgan fingerprint density at radius 1 is 1.15 bits per heavy atom. The predicted molar refractivity (Wildman–Crippen MR) is 113 cm³/mol. The highest BCUT2D eigenvalue weighted by atomic mass is 79.9. The zero-order valence-electron chi connectivity index (χ0n) is 16.3. The minimum Gasteiger partial charge on any atom is -0.491 e. The number of hydrogen-bond donors (Lipinski definition) is 0. The van der Waals surface area contributed by atoms with Crippen molar-refractivity contribution in [2.75, 3.05) is 19.6 Å². The van der Waals surface area contributed by atoms with Gasteiger partial charge in [0, 0.05) is 11.0 Å². The van der Waals surface area contributed by atoms with Gasteiger partial charge < -0.3 is 9.64 Å². The van der Waals surface area contributed by atoms with Crippen LogP contribution in [0.2, 0.25) is 0 Å². The Morgan fingerprint density at radius 3 is 2.67 bits per heavy atom. The molecule has 0 saturated carbocycles. The first kappa shape index (κ1) is 20.3. The Kier molecular flexibility index (Phi) is 7.31. The van der Waals surface area contributed by atoms with Crippen LogP contribution in [0.15, 0.2) is 46.9 Å². The third kappa shape index (κ3) is 6.32. The first-order valence-corrected chi connectivity index (χ1v) is 10.7. The zero-order valence-corrected chi connectivity index (χ0v) is 17.8. The summed E-state index contributed by atoms with van der Waals surface area (Å²) in [5.74, 6) is 1.46. The summed E-state index contributed by atoms with van der Waals surface area (Å²) < 4.78 is 20.3. The highest BCUT2D eigenvalue weighted by Gasteiger charge is 2.20. The lowest BCUT2D eigenvalue weighted by Crippen LogP contribution is -2.35. The van der Waals surface area contributed by atoms with Gasteiger partial charge in [0.15, 0.2) is 0 Å². The van der Waals surface area contributed by atoms with Crippen LogP contribution in [0.4, 0.5) is 4.39 Å². The second-order valence-electron chi connectivity index (χ2n) is 7.79. The van der Waals surface area contributed by atoms with E-state index in [0.29, 0.717) is 5.92 Å². The third-order valence-corrected chi connectivity index (χ3v) is 5.98. The van der Waals surface area contributed by atoms with E-state index in [9.17, 15) is 4.39 Å². The van der Waals surface area contributed by atoms with Gasteiger partial charge in [-0.25, -0.2) is 4.39 Å². The fourth-order valence-corrected chi connectivity index (χ4v) is 4.17. The van der Waals surface area contributed by atoms with Gasteiger partial charge in [-0.2, -0.15) is 0 Å². The number of halogens is 2. The van der Waals surface area contributed by atoms with Gasteiger partial charge in [-0.15, -0.1) is 0 Å². The number of rotatable bonds is 7. The number of hydrogen-bond acceptors (Lipinski definition) is 2. The lowest BCUT2D eigenvalue weighted by atomic mass is 9.90. The molecule has 1 aliphatic rings. The fourth-order valence-electron chi connectivity index (χ4n) is 3.76. The topological polar surface area (TPSA) is 12.5 Å². The van der Waals surface area contributed by atoms with Gasteiger partial charge in [-0.3, -0.25) is 0 Å². The van der Waals surface area contributed by atoms with Crippen molar-refractivity contribution >= 4 is 15.9 Å². The summed E-state index contributed by atoms with van der Waals surface area (Å²) in [5.41, 5.74) is 2.43. The van der Waals surface area contributed by atoms with Crippen molar-refractivity contribution in [3.05, 3.63) is 63.9 Å². The van der Waals surface area contributed by atoms with Crippen LogP contribution in [0.1, 0.15) is 37.8 Å². The van der Waals surface area contributed by atoms with Gasteiger partial charge in [-0.05, 0) is 100.0 Å². The molecule has 0 unspecified atom stereocenters. The SMILES string of the molecule is CC(C)Oc1cccc(CCN2CCC(Cc3cc(F)ccc3Br)CC2)c1. The van der Waals surface area contributed by atoms with Crippen molar-refractivity contribution in [1.82, 2.24) is 4.90 Å². The van der Waals surface area contributed by atoms with E-state index in [0.717, 1.165) is 48.3 Å². The molecule has 146 valence electrons. The number of ether oxygens (including phenoxy) is 1. The maximum atomic E-state index is 13.5. The maximum absolute atomic E-state index is 13.5. The second kappa shape index (κ2) is 9.70. The maximum Gasteiger partial charge on any atom is 0.123 e. The molecule has 3 rings (SSSR count). The summed E-state index contributed by atoms with van der Waals surface area (Å²) in [5, 5.41) is 0. The fraction of sp³-hybridized carbons (Fsp3) is 0.478. The van der Waals surface area contributed by atoms with Crippen molar-refractivity contribution in [2.24, 2.45) is 5.92 Å². The van der Waals surface area contributed by atoms with Crippen LogP contribution in [0.25, 0.3) is 0 Å². The standard InChI is InChI=1S/C23H29BrFNO/c1-17(2)27-22-5-3-4-18(15-22)8-11-26-12-9-19(10-13-26)14-20-16-21(25)6-7-23(20)24/h3-7,15-17,19H,8-14H2,1-2H3. The van der Waals surface area contributed by atoms with Crippen molar-refractivity contribution in [2.45, 2.75) is 45.6 Å². The summed E-state index contributed by atoms with van der Waals surface area (Å²) in [6.45, 7) is 7.44. The molecule has 1 fully saturated rings. The molecule has 0 bridgehead atoms. The molecule has 2 aromatic carbocycles. The third-order valence-electron chi connectivity index (χ3n) is 5.21. The van der Waals surface area contributed by atoms with E-state index in [1.165, 1.54) is 24.5 Å². The largest absolute Gasteiger partial charge is 0.491 e. The lowest BCUT2D eigenvalue weighted by Gasteiger charge is -2.32. The number of benzene rings is 2. The van der Waals surface area contributed by atoms with E-state index in [4.69, 9.17) is 4.74 Å². The Hall–Kier alpha value is -1.39. The van der Waals surface area contributed by atoms with Crippen LogP contribution >= 0.6 is 15.9 Å². The van der Waals surface area contributed by atoms with Crippen molar-refractivity contribution in [1.29, 1.82) is 0 Å². The number of nitrogens with zero attached hydrogens (tertiary/aromatic N) is 1. The van der Waals surface area contributed by atoms with Crippen LogP contribution in [-0.2, 0) is 12.8 Å². The van der Waals surface area contributed by atoms with Crippen LogP contribution in [0, 0.1) is 11.7 Å². The van der Waals surface area contributed by atoms with E-state index in [-0.39, 0.29) is 11.9 Å². The van der Waals surface area contributed by atoms with Gasteiger partial charge in [-0.1, -0.05) is 28.1 Å². The first-order valence-electron chi connectivity index (χ1n) is 9.91. The van der Waals surface area contributed by atoms with Gasteiger partial charge in [0.1, 0.15) is 11.6 Å². The lowest BCUT2D eigenvalue weighted by molar-refractivity contribution is 0.185. The van der Waals surface area contributed by atoms with Crippen molar-refractivity contribution in [3.63, 3.8) is 0 Å². The highest BCUT2D eigenvalue weighted by molar-refractivity contribution is 9.10. The van der Waals surface area contributed by atoms with Crippen LogP contribution in [-0.4, -0.2) is 30.6 Å². The van der Waals surface area contributed by atoms with Crippen LogP contribution in [0.3, 0.4) is 0 Å². The predicted octanol–water partition coefficient (Wildman–Crippen LogP) is 5.87. The number of likely N-dealkylation sites (tertiary alicyclic amines) is 1. The molecular formula is C23H29BrFNO. The molecule has 27 heavy (non-hydrogen) atoms. The smallest absolute Gasteiger partial charge is 0.123 e. The van der Waals surface area contributed by atoms with Gasteiger partial charge in [0.05, 0.1) is 6.10 Å². The average Bonchev–Trinajstić information content (AvgIpc) is 2.64. The summed E-state index contributed by atoms with van der Waals surface area (Å²) in [6, 6.07) is 13.4. The normalized spacial score (nSPS) is 16.0. The molecule has 0 aliphatic carbocycles. The first-order chi connectivity index (χ1) is 13.0. The molecular weight excluding hydrogens is 405 g/mol. The summed E-state index contributed by atoms with van der Waals surface area (Å²) in [7, 11) is 0. The molecule has 0 atom stereocenters. The molecule has 1 saturated heterocycles. The minimum absolute atomic E-state index is 0.144.